The molecular weight excluding hydrogens is 228 g/mol. The van der Waals surface area contributed by atoms with Crippen LogP contribution >= 0.6 is 0 Å². The number of benzene rings is 1. The summed E-state index contributed by atoms with van der Waals surface area (Å²) in [5, 5.41) is 0. The van der Waals surface area contributed by atoms with Gasteiger partial charge in [-0.1, -0.05) is 12.1 Å². The highest BCUT2D eigenvalue weighted by atomic mass is 16.5. The zero-order valence-electron chi connectivity index (χ0n) is 11.4. The lowest BCUT2D eigenvalue weighted by Gasteiger charge is -2.16. The second-order valence-corrected chi connectivity index (χ2v) is 4.33. The van der Waals surface area contributed by atoms with Crippen molar-refractivity contribution in [1.82, 2.24) is 4.90 Å². The van der Waals surface area contributed by atoms with E-state index in [1.165, 1.54) is 5.56 Å². The zero-order valence-corrected chi connectivity index (χ0v) is 11.4. The summed E-state index contributed by atoms with van der Waals surface area (Å²) in [6, 6.07) is 8.13. The normalized spacial score (nSPS) is 10.9. The number of nitrogens with zero attached hydrogens (tertiary/aromatic N) is 1. The van der Waals surface area contributed by atoms with E-state index in [1.807, 2.05) is 12.1 Å². The van der Waals surface area contributed by atoms with Crippen LogP contribution in [-0.2, 0) is 11.2 Å². The SMILES string of the molecule is COCCN(C)CCOc1ccc(CCN)cc1. The van der Waals surface area contributed by atoms with Crippen molar-refractivity contribution in [2.75, 3.05) is 47.0 Å². The molecule has 4 nitrogen and oxygen atoms in total. The van der Waals surface area contributed by atoms with Crippen molar-refractivity contribution in [1.29, 1.82) is 0 Å². The fourth-order valence-corrected chi connectivity index (χ4v) is 1.60. The predicted molar refractivity (Wildman–Crippen MR) is 74.1 cm³/mol. The maximum atomic E-state index is 5.68. The minimum absolute atomic E-state index is 0.685. The Bertz CT molecular complexity index is 314. The molecule has 4 heteroatoms. The van der Waals surface area contributed by atoms with Crippen LogP contribution in [0.15, 0.2) is 24.3 Å². The van der Waals surface area contributed by atoms with Gasteiger partial charge in [0.1, 0.15) is 12.4 Å². The van der Waals surface area contributed by atoms with E-state index < -0.39 is 0 Å². The van der Waals surface area contributed by atoms with Gasteiger partial charge in [-0.2, -0.15) is 0 Å². The van der Waals surface area contributed by atoms with E-state index in [1.54, 1.807) is 7.11 Å². The molecule has 0 fully saturated rings. The second kappa shape index (κ2) is 8.91. The minimum Gasteiger partial charge on any atom is -0.492 e. The highest BCUT2D eigenvalue weighted by molar-refractivity contribution is 5.27. The Morgan fingerprint density at radius 2 is 1.78 bits per heavy atom. The minimum atomic E-state index is 0.685. The van der Waals surface area contributed by atoms with Crippen molar-refractivity contribution in [2.45, 2.75) is 6.42 Å². The van der Waals surface area contributed by atoms with Crippen LogP contribution in [-0.4, -0.2) is 51.9 Å². The Balaban J connectivity index is 2.22. The molecule has 0 atom stereocenters. The summed E-state index contributed by atoms with van der Waals surface area (Å²) in [4.78, 5) is 2.19. The van der Waals surface area contributed by atoms with Gasteiger partial charge in [-0.05, 0) is 37.7 Å². The molecule has 0 amide bonds. The van der Waals surface area contributed by atoms with Gasteiger partial charge in [0.05, 0.1) is 6.61 Å². The molecule has 0 aliphatic carbocycles. The third kappa shape index (κ3) is 6.00. The van der Waals surface area contributed by atoms with E-state index in [4.69, 9.17) is 15.2 Å². The molecule has 0 saturated carbocycles. The first-order valence-corrected chi connectivity index (χ1v) is 6.35. The lowest BCUT2D eigenvalue weighted by molar-refractivity contribution is 0.150. The first-order valence-electron chi connectivity index (χ1n) is 6.35. The Kier molecular flexibility index (Phi) is 7.41. The monoisotopic (exact) mass is 252 g/mol. The molecule has 0 aliphatic heterocycles. The van der Waals surface area contributed by atoms with Gasteiger partial charge in [-0.3, -0.25) is 0 Å². The van der Waals surface area contributed by atoms with Crippen LogP contribution in [0.25, 0.3) is 0 Å². The highest BCUT2D eigenvalue weighted by Gasteiger charge is 1.99. The highest BCUT2D eigenvalue weighted by Crippen LogP contribution is 2.12. The molecule has 18 heavy (non-hydrogen) atoms. The van der Waals surface area contributed by atoms with Crippen molar-refractivity contribution in [3.8, 4) is 5.75 Å². The van der Waals surface area contributed by atoms with Crippen LogP contribution in [0, 0.1) is 0 Å². The van der Waals surface area contributed by atoms with Crippen LogP contribution in [0.5, 0.6) is 5.75 Å². The quantitative estimate of drug-likeness (QED) is 0.716. The van der Waals surface area contributed by atoms with Crippen molar-refractivity contribution in [2.24, 2.45) is 5.73 Å². The smallest absolute Gasteiger partial charge is 0.119 e. The van der Waals surface area contributed by atoms with E-state index in [9.17, 15) is 0 Å². The van der Waals surface area contributed by atoms with E-state index in [2.05, 4.69) is 24.1 Å². The van der Waals surface area contributed by atoms with Gasteiger partial charge >= 0.3 is 0 Å². The molecule has 0 saturated heterocycles. The van der Waals surface area contributed by atoms with Crippen molar-refractivity contribution >= 4 is 0 Å². The number of likely N-dealkylation sites (N-methyl/N-ethyl adjacent to an activating group) is 1. The Labute approximate surface area is 110 Å². The summed E-state index contributed by atoms with van der Waals surface area (Å²) in [6.45, 7) is 3.95. The number of hydrogen-bond donors (Lipinski definition) is 1. The molecule has 0 radical (unpaired) electrons. The lowest BCUT2D eigenvalue weighted by atomic mass is 10.1. The van der Waals surface area contributed by atoms with Crippen LogP contribution in [0.2, 0.25) is 0 Å². The number of ether oxygens (including phenoxy) is 2. The summed E-state index contributed by atoms with van der Waals surface area (Å²) in [5.41, 5.74) is 6.76. The second-order valence-electron chi connectivity index (χ2n) is 4.33. The number of nitrogens with two attached hydrogens (primary N) is 1. The van der Waals surface area contributed by atoms with Gasteiger partial charge < -0.3 is 20.1 Å². The molecule has 0 aromatic heterocycles. The zero-order chi connectivity index (χ0) is 13.2. The first kappa shape index (κ1) is 15.0. The van der Waals surface area contributed by atoms with Crippen LogP contribution < -0.4 is 10.5 Å². The molecule has 1 aromatic rings. The average Bonchev–Trinajstić information content (AvgIpc) is 2.39. The van der Waals surface area contributed by atoms with Crippen molar-refractivity contribution < 1.29 is 9.47 Å². The van der Waals surface area contributed by atoms with Gasteiger partial charge in [-0.15, -0.1) is 0 Å². The third-order valence-corrected chi connectivity index (χ3v) is 2.78. The summed E-state index contributed by atoms with van der Waals surface area (Å²) >= 11 is 0. The Morgan fingerprint density at radius 1 is 1.11 bits per heavy atom. The van der Waals surface area contributed by atoms with Gasteiger partial charge in [0.25, 0.3) is 0 Å². The Hall–Kier alpha value is -1.10. The molecule has 1 aromatic carbocycles. The first-order chi connectivity index (χ1) is 8.76. The largest absolute Gasteiger partial charge is 0.492 e. The standard InChI is InChI=1S/C14H24N2O2/c1-16(9-11-17-2)10-12-18-14-5-3-13(4-6-14)7-8-15/h3-6H,7-12,15H2,1-2H3. The summed E-state index contributed by atoms with van der Waals surface area (Å²) in [5.74, 6) is 0.913. The van der Waals surface area contributed by atoms with Gasteiger partial charge in [-0.25, -0.2) is 0 Å². The summed E-state index contributed by atoms with van der Waals surface area (Å²) in [6.07, 6.45) is 0.917. The number of rotatable bonds is 9. The lowest BCUT2D eigenvalue weighted by Crippen LogP contribution is -2.27. The van der Waals surface area contributed by atoms with Crippen LogP contribution in [0.3, 0.4) is 0 Å². The molecule has 0 heterocycles. The van der Waals surface area contributed by atoms with Gasteiger partial charge in [0.2, 0.25) is 0 Å². The molecule has 0 bridgehead atoms. The molecule has 0 spiro atoms. The van der Waals surface area contributed by atoms with E-state index in [0.29, 0.717) is 13.2 Å². The van der Waals surface area contributed by atoms with Crippen molar-refractivity contribution in [3.05, 3.63) is 29.8 Å². The topological polar surface area (TPSA) is 47.7 Å². The van der Waals surface area contributed by atoms with Crippen LogP contribution in [0.4, 0.5) is 0 Å². The van der Waals surface area contributed by atoms with E-state index in [0.717, 1.165) is 31.9 Å². The summed E-state index contributed by atoms with van der Waals surface area (Å²) in [7, 11) is 3.78. The van der Waals surface area contributed by atoms with E-state index >= 15 is 0 Å². The molecule has 0 aliphatic rings. The van der Waals surface area contributed by atoms with Gasteiger partial charge in [0, 0.05) is 20.2 Å². The van der Waals surface area contributed by atoms with Gasteiger partial charge in [0.15, 0.2) is 0 Å². The summed E-state index contributed by atoms with van der Waals surface area (Å²) < 4.78 is 10.7. The molecule has 2 N–H and O–H groups in total. The average molecular weight is 252 g/mol. The fourth-order valence-electron chi connectivity index (χ4n) is 1.60. The Morgan fingerprint density at radius 3 is 2.39 bits per heavy atom. The third-order valence-electron chi connectivity index (χ3n) is 2.78. The predicted octanol–water partition coefficient (Wildman–Crippen LogP) is 1.14. The number of methoxy groups -OCH3 is 1. The number of hydrogen-bond acceptors (Lipinski definition) is 4. The molecule has 102 valence electrons. The fraction of sp³-hybridized carbons (Fsp3) is 0.571. The van der Waals surface area contributed by atoms with Crippen LogP contribution in [0.1, 0.15) is 5.56 Å². The molecular formula is C14H24N2O2. The van der Waals surface area contributed by atoms with Crippen molar-refractivity contribution in [3.63, 3.8) is 0 Å². The molecule has 0 unspecified atom stereocenters. The maximum Gasteiger partial charge on any atom is 0.119 e. The molecule has 1 rings (SSSR count). The maximum absolute atomic E-state index is 5.68. The van der Waals surface area contributed by atoms with E-state index in [-0.39, 0.29) is 0 Å².